The van der Waals surface area contributed by atoms with Gasteiger partial charge in [0.25, 0.3) is 0 Å². The van der Waals surface area contributed by atoms with Gasteiger partial charge in [-0.2, -0.15) is 5.10 Å². The van der Waals surface area contributed by atoms with E-state index >= 15 is 0 Å². The van der Waals surface area contributed by atoms with Crippen molar-refractivity contribution in [2.24, 2.45) is 0 Å². The standard InChI is InChI=1S/C14H16ClN5O3/c1-3-19(12(21)9-18(2)14(22)23)11-8-20(17-13(11)15)10-5-4-6-16-7-10/h4-8H,3,9H2,1-2H3,(H,22,23). The van der Waals surface area contributed by atoms with E-state index in [9.17, 15) is 9.59 Å². The molecule has 2 aromatic rings. The maximum Gasteiger partial charge on any atom is 0.407 e. The molecule has 0 fully saturated rings. The number of likely N-dealkylation sites (N-methyl/N-ethyl adjacent to an activating group) is 2. The van der Waals surface area contributed by atoms with Crippen LogP contribution in [0, 0.1) is 0 Å². The van der Waals surface area contributed by atoms with E-state index in [1.807, 2.05) is 0 Å². The van der Waals surface area contributed by atoms with E-state index in [2.05, 4.69) is 10.1 Å². The molecule has 122 valence electrons. The first kappa shape index (κ1) is 16.8. The lowest BCUT2D eigenvalue weighted by Crippen LogP contribution is -2.40. The predicted octanol–water partition coefficient (Wildman–Crippen LogP) is 1.88. The van der Waals surface area contributed by atoms with Crippen molar-refractivity contribution in [3.05, 3.63) is 35.9 Å². The van der Waals surface area contributed by atoms with Crippen molar-refractivity contribution in [3.63, 3.8) is 0 Å². The highest BCUT2D eigenvalue weighted by Crippen LogP contribution is 2.26. The Hall–Kier alpha value is -2.61. The van der Waals surface area contributed by atoms with Crippen LogP contribution in [0.2, 0.25) is 5.15 Å². The summed E-state index contributed by atoms with van der Waals surface area (Å²) < 4.78 is 1.52. The molecule has 23 heavy (non-hydrogen) atoms. The molecule has 0 aliphatic rings. The Labute approximate surface area is 137 Å². The Morgan fingerprint density at radius 3 is 2.74 bits per heavy atom. The summed E-state index contributed by atoms with van der Waals surface area (Å²) in [6.07, 6.45) is 3.69. The molecule has 8 nitrogen and oxygen atoms in total. The first-order chi connectivity index (χ1) is 10.9. The van der Waals surface area contributed by atoms with E-state index in [1.165, 1.54) is 16.6 Å². The molecule has 2 amide bonds. The molecule has 2 aromatic heterocycles. The molecule has 0 saturated heterocycles. The van der Waals surface area contributed by atoms with Crippen molar-refractivity contribution < 1.29 is 14.7 Å². The molecule has 0 bridgehead atoms. The highest BCUT2D eigenvalue weighted by molar-refractivity contribution is 6.32. The Bertz CT molecular complexity index is 704. The zero-order valence-corrected chi connectivity index (χ0v) is 13.4. The summed E-state index contributed by atoms with van der Waals surface area (Å²) in [7, 11) is 1.33. The molecule has 2 heterocycles. The molecule has 9 heteroatoms. The van der Waals surface area contributed by atoms with Gasteiger partial charge in [0.05, 0.1) is 18.1 Å². The molecule has 0 atom stereocenters. The highest BCUT2D eigenvalue weighted by atomic mass is 35.5. The first-order valence-corrected chi connectivity index (χ1v) is 7.21. The van der Waals surface area contributed by atoms with E-state index in [0.29, 0.717) is 17.9 Å². The number of nitrogens with zero attached hydrogens (tertiary/aromatic N) is 5. The van der Waals surface area contributed by atoms with E-state index in [4.69, 9.17) is 16.7 Å². The van der Waals surface area contributed by atoms with Gasteiger partial charge in [0.1, 0.15) is 12.2 Å². The first-order valence-electron chi connectivity index (χ1n) is 6.84. The monoisotopic (exact) mass is 337 g/mol. The maximum absolute atomic E-state index is 12.3. The largest absolute Gasteiger partial charge is 0.465 e. The number of hydrogen-bond acceptors (Lipinski definition) is 4. The lowest BCUT2D eigenvalue weighted by Gasteiger charge is -2.22. The van der Waals surface area contributed by atoms with Crippen LogP contribution >= 0.6 is 11.6 Å². The molecule has 0 saturated carbocycles. The minimum absolute atomic E-state index is 0.155. The number of aromatic nitrogens is 3. The van der Waals surface area contributed by atoms with Crippen LogP contribution in [-0.4, -0.2) is 56.9 Å². The zero-order chi connectivity index (χ0) is 17.0. The number of carbonyl (C=O) groups excluding carboxylic acids is 1. The van der Waals surface area contributed by atoms with Gasteiger partial charge in [0, 0.05) is 19.8 Å². The molecule has 0 aromatic carbocycles. The fourth-order valence-electron chi connectivity index (χ4n) is 1.98. The van der Waals surface area contributed by atoms with Crippen molar-refractivity contribution in [1.82, 2.24) is 19.7 Å². The van der Waals surface area contributed by atoms with Crippen molar-refractivity contribution in [2.75, 3.05) is 25.0 Å². The minimum atomic E-state index is -1.17. The highest BCUT2D eigenvalue weighted by Gasteiger charge is 2.22. The molecule has 0 radical (unpaired) electrons. The third-order valence-corrected chi connectivity index (χ3v) is 3.44. The topological polar surface area (TPSA) is 91.6 Å². The van der Waals surface area contributed by atoms with Crippen molar-refractivity contribution >= 4 is 29.3 Å². The average Bonchev–Trinajstić information content (AvgIpc) is 2.91. The molecular weight excluding hydrogens is 322 g/mol. The molecule has 0 aliphatic carbocycles. The summed E-state index contributed by atoms with van der Waals surface area (Å²) in [6.45, 7) is 1.85. The third-order valence-electron chi connectivity index (χ3n) is 3.17. The molecule has 1 N–H and O–H groups in total. The van der Waals surface area contributed by atoms with Gasteiger partial charge < -0.3 is 14.9 Å². The second-order valence-corrected chi connectivity index (χ2v) is 5.10. The number of carboxylic acid groups (broad SMARTS) is 1. The van der Waals surface area contributed by atoms with Gasteiger partial charge in [0.2, 0.25) is 5.91 Å². The Balaban J connectivity index is 2.26. The maximum atomic E-state index is 12.3. The van der Waals surface area contributed by atoms with Gasteiger partial charge in [-0.25, -0.2) is 9.48 Å². The Morgan fingerprint density at radius 2 is 2.17 bits per heavy atom. The number of carbonyl (C=O) groups is 2. The molecular formula is C14H16ClN5O3. The molecule has 0 unspecified atom stereocenters. The molecule has 0 aliphatic heterocycles. The van der Waals surface area contributed by atoms with Crippen LogP contribution in [0.15, 0.2) is 30.7 Å². The Morgan fingerprint density at radius 1 is 1.43 bits per heavy atom. The van der Waals surface area contributed by atoms with Gasteiger partial charge in [-0.05, 0) is 19.1 Å². The van der Waals surface area contributed by atoms with Crippen molar-refractivity contribution in [3.8, 4) is 5.69 Å². The molecule has 2 rings (SSSR count). The summed E-state index contributed by atoms with van der Waals surface area (Å²) in [5.41, 5.74) is 1.12. The second kappa shape index (κ2) is 7.10. The van der Waals surface area contributed by atoms with Gasteiger partial charge in [-0.3, -0.25) is 9.78 Å². The fourth-order valence-corrected chi connectivity index (χ4v) is 2.22. The van der Waals surface area contributed by atoms with Crippen LogP contribution in [0.3, 0.4) is 0 Å². The number of rotatable bonds is 5. The van der Waals surface area contributed by atoms with E-state index < -0.39 is 6.09 Å². The fraction of sp³-hybridized carbons (Fsp3) is 0.286. The molecule has 0 spiro atoms. The van der Waals surface area contributed by atoms with E-state index in [1.54, 1.807) is 37.6 Å². The van der Waals surface area contributed by atoms with Crippen LogP contribution < -0.4 is 4.90 Å². The van der Waals surface area contributed by atoms with Crippen LogP contribution in [0.5, 0.6) is 0 Å². The number of halogens is 1. The van der Waals surface area contributed by atoms with Crippen LogP contribution in [-0.2, 0) is 4.79 Å². The van der Waals surface area contributed by atoms with Crippen molar-refractivity contribution in [1.29, 1.82) is 0 Å². The lowest BCUT2D eigenvalue weighted by molar-refractivity contribution is -0.119. The summed E-state index contributed by atoms with van der Waals surface area (Å²) in [4.78, 5) is 29.4. The number of anilines is 1. The summed E-state index contributed by atoms with van der Waals surface area (Å²) in [5, 5.41) is 13.2. The van der Waals surface area contributed by atoms with Gasteiger partial charge in [0.15, 0.2) is 5.15 Å². The minimum Gasteiger partial charge on any atom is -0.465 e. The van der Waals surface area contributed by atoms with Gasteiger partial charge in [-0.1, -0.05) is 11.6 Å². The summed E-state index contributed by atoms with van der Waals surface area (Å²) >= 11 is 6.14. The van der Waals surface area contributed by atoms with E-state index in [-0.39, 0.29) is 17.6 Å². The van der Waals surface area contributed by atoms with E-state index in [0.717, 1.165) is 4.90 Å². The predicted molar refractivity (Wildman–Crippen MR) is 85.1 cm³/mol. The number of hydrogen-bond donors (Lipinski definition) is 1. The quantitative estimate of drug-likeness (QED) is 0.899. The lowest BCUT2D eigenvalue weighted by atomic mass is 10.4. The van der Waals surface area contributed by atoms with Gasteiger partial charge >= 0.3 is 6.09 Å². The summed E-state index contributed by atoms with van der Waals surface area (Å²) in [6, 6.07) is 3.56. The van der Waals surface area contributed by atoms with Crippen LogP contribution in [0.25, 0.3) is 5.69 Å². The average molecular weight is 338 g/mol. The Kier molecular flexibility index (Phi) is 5.17. The van der Waals surface area contributed by atoms with Crippen LogP contribution in [0.1, 0.15) is 6.92 Å². The normalized spacial score (nSPS) is 10.4. The summed E-state index contributed by atoms with van der Waals surface area (Å²) in [5.74, 6) is -0.384. The third kappa shape index (κ3) is 3.78. The van der Waals surface area contributed by atoms with Gasteiger partial charge in [-0.15, -0.1) is 0 Å². The number of pyridine rings is 1. The number of amides is 2. The second-order valence-electron chi connectivity index (χ2n) is 4.74. The smallest absolute Gasteiger partial charge is 0.407 e. The SMILES string of the molecule is CCN(C(=O)CN(C)C(=O)O)c1cn(-c2cccnc2)nc1Cl. The van der Waals surface area contributed by atoms with Crippen molar-refractivity contribution in [2.45, 2.75) is 6.92 Å². The van der Waals surface area contributed by atoms with Crippen LogP contribution in [0.4, 0.5) is 10.5 Å². The zero-order valence-electron chi connectivity index (χ0n) is 12.7.